The molecule has 0 N–H and O–H groups in total. The van der Waals surface area contributed by atoms with Gasteiger partial charge in [0.15, 0.2) is 0 Å². The van der Waals surface area contributed by atoms with Crippen molar-refractivity contribution in [2.45, 2.75) is 33.6 Å². The molecule has 1 rings (SSSR count). The Kier molecular flexibility index (Phi) is 5.60. The van der Waals surface area contributed by atoms with E-state index in [1.54, 1.807) is 7.11 Å². The number of halogens is 1. The van der Waals surface area contributed by atoms with Gasteiger partial charge >= 0.3 is 0 Å². The van der Waals surface area contributed by atoms with E-state index in [0.717, 1.165) is 51.0 Å². The van der Waals surface area contributed by atoms with Gasteiger partial charge in [0.2, 0.25) is 0 Å². The van der Waals surface area contributed by atoms with Crippen LogP contribution in [0.2, 0.25) is 0 Å². The van der Waals surface area contributed by atoms with E-state index in [1.165, 1.54) is 0 Å². The molecule has 1 aliphatic heterocycles. The number of likely N-dealkylation sites (tertiary alicyclic amines) is 1. The standard InChI is InChI=1S/C14H26FNO/c1-12(2)9-14(3)11-16(7-8-17-4)6-5-13(14)10-15/h10,12H,5-9,11H2,1-4H3/b13-10+/t14-/m1/s1. The predicted molar refractivity (Wildman–Crippen MR) is 69.7 cm³/mol. The molecule has 100 valence electrons. The summed E-state index contributed by atoms with van der Waals surface area (Å²) in [4.78, 5) is 2.39. The fourth-order valence-corrected chi connectivity index (χ4v) is 2.95. The van der Waals surface area contributed by atoms with Crippen LogP contribution >= 0.6 is 0 Å². The van der Waals surface area contributed by atoms with E-state index in [2.05, 4.69) is 25.7 Å². The fourth-order valence-electron chi connectivity index (χ4n) is 2.95. The van der Waals surface area contributed by atoms with Crippen LogP contribution in [0.1, 0.15) is 33.6 Å². The van der Waals surface area contributed by atoms with Crippen LogP contribution < -0.4 is 0 Å². The monoisotopic (exact) mass is 243 g/mol. The quantitative estimate of drug-likeness (QED) is 0.735. The lowest BCUT2D eigenvalue weighted by molar-refractivity contribution is 0.0940. The molecule has 1 aliphatic rings. The van der Waals surface area contributed by atoms with Crippen molar-refractivity contribution in [1.82, 2.24) is 4.90 Å². The van der Waals surface area contributed by atoms with Gasteiger partial charge in [-0.15, -0.1) is 0 Å². The van der Waals surface area contributed by atoms with Crippen LogP contribution in [0.5, 0.6) is 0 Å². The third-order valence-corrected chi connectivity index (χ3v) is 3.65. The Morgan fingerprint density at radius 3 is 2.76 bits per heavy atom. The van der Waals surface area contributed by atoms with Crippen LogP contribution in [0.3, 0.4) is 0 Å². The van der Waals surface area contributed by atoms with E-state index in [-0.39, 0.29) is 5.41 Å². The Bertz CT molecular complexity index is 265. The molecule has 0 radical (unpaired) electrons. The molecule has 3 heteroatoms. The first-order valence-corrected chi connectivity index (χ1v) is 6.53. The van der Waals surface area contributed by atoms with Crippen LogP contribution in [0.25, 0.3) is 0 Å². The van der Waals surface area contributed by atoms with Gasteiger partial charge in [-0.25, -0.2) is 4.39 Å². The molecule has 0 aliphatic carbocycles. The highest BCUT2D eigenvalue weighted by atomic mass is 19.1. The highest BCUT2D eigenvalue weighted by Gasteiger charge is 2.35. The van der Waals surface area contributed by atoms with Crippen molar-refractivity contribution in [2.24, 2.45) is 11.3 Å². The summed E-state index contributed by atoms with van der Waals surface area (Å²) in [5, 5.41) is 0. The predicted octanol–water partition coefficient (Wildman–Crippen LogP) is 3.24. The molecular weight excluding hydrogens is 217 g/mol. The van der Waals surface area contributed by atoms with Gasteiger partial charge in [-0.2, -0.15) is 0 Å². The van der Waals surface area contributed by atoms with Gasteiger partial charge in [0.25, 0.3) is 0 Å². The van der Waals surface area contributed by atoms with Gasteiger partial charge in [0.1, 0.15) is 0 Å². The molecule has 1 fully saturated rings. The lowest BCUT2D eigenvalue weighted by atomic mass is 9.72. The van der Waals surface area contributed by atoms with Gasteiger partial charge in [-0.05, 0) is 24.3 Å². The van der Waals surface area contributed by atoms with Gasteiger partial charge in [-0.3, -0.25) is 4.90 Å². The zero-order chi connectivity index (χ0) is 12.9. The van der Waals surface area contributed by atoms with Crippen LogP contribution in [0.15, 0.2) is 11.9 Å². The average Bonchev–Trinajstić information content (AvgIpc) is 2.24. The van der Waals surface area contributed by atoms with Crippen molar-refractivity contribution in [3.05, 3.63) is 11.9 Å². The van der Waals surface area contributed by atoms with Crippen LogP contribution in [0.4, 0.5) is 4.39 Å². The van der Waals surface area contributed by atoms with Crippen molar-refractivity contribution >= 4 is 0 Å². The number of rotatable bonds is 5. The summed E-state index contributed by atoms with van der Waals surface area (Å²) in [6, 6.07) is 0. The first kappa shape index (κ1) is 14.7. The average molecular weight is 243 g/mol. The molecule has 1 heterocycles. The van der Waals surface area contributed by atoms with Crippen LogP contribution in [0, 0.1) is 11.3 Å². The zero-order valence-corrected chi connectivity index (χ0v) is 11.6. The summed E-state index contributed by atoms with van der Waals surface area (Å²) in [7, 11) is 1.73. The zero-order valence-electron chi connectivity index (χ0n) is 11.6. The molecular formula is C14H26FNO. The number of methoxy groups -OCH3 is 1. The molecule has 0 unspecified atom stereocenters. The maximum Gasteiger partial charge on any atom is 0.0865 e. The SMILES string of the molecule is COCCN1CC/C(=C\F)[C@](C)(CC(C)C)C1. The summed E-state index contributed by atoms with van der Waals surface area (Å²) in [5.41, 5.74) is 0.981. The Balaban J connectivity index is 2.67. The molecule has 0 spiro atoms. The lowest BCUT2D eigenvalue weighted by Crippen LogP contribution is -2.45. The number of hydrogen-bond acceptors (Lipinski definition) is 2. The first-order chi connectivity index (χ1) is 8.01. The molecule has 1 atom stereocenters. The summed E-state index contributed by atoms with van der Waals surface area (Å²) < 4.78 is 18.1. The molecule has 0 aromatic carbocycles. The third-order valence-electron chi connectivity index (χ3n) is 3.65. The molecule has 2 nitrogen and oxygen atoms in total. The first-order valence-electron chi connectivity index (χ1n) is 6.53. The van der Waals surface area contributed by atoms with E-state index in [9.17, 15) is 4.39 Å². The normalized spacial score (nSPS) is 29.2. The van der Waals surface area contributed by atoms with E-state index in [1.807, 2.05) is 0 Å². The van der Waals surface area contributed by atoms with E-state index in [4.69, 9.17) is 4.74 Å². The number of nitrogens with zero attached hydrogens (tertiary/aromatic N) is 1. The molecule has 0 aromatic heterocycles. The van der Waals surface area contributed by atoms with Crippen molar-refractivity contribution in [3.8, 4) is 0 Å². The summed E-state index contributed by atoms with van der Waals surface area (Å²) in [6.07, 6.45) is 2.74. The van der Waals surface area contributed by atoms with Gasteiger partial charge < -0.3 is 4.74 Å². The van der Waals surface area contributed by atoms with E-state index in [0.29, 0.717) is 5.92 Å². The lowest BCUT2D eigenvalue weighted by Gasteiger charge is -2.43. The molecule has 0 amide bonds. The summed E-state index contributed by atoms with van der Waals surface area (Å²) in [5.74, 6) is 0.595. The van der Waals surface area contributed by atoms with Crippen molar-refractivity contribution in [3.63, 3.8) is 0 Å². The largest absolute Gasteiger partial charge is 0.383 e. The molecule has 0 saturated carbocycles. The molecule has 17 heavy (non-hydrogen) atoms. The molecule has 0 aromatic rings. The Morgan fingerprint density at radius 2 is 2.24 bits per heavy atom. The topological polar surface area (TPSA) is 12.5 Å². The second-order valence-corrected chi connectivity index (χ2v) is 5.81. The Hall–Kier alpha value is -0.410. The van der Waals surface area contributed by atoms with Crippen molar-refractivity contribution in [2.75, 3.05) is 33.4 Å². The minimum atomic E-state index is -0.00505. The van der Waals surface area contributed by atoms with E-state index >= 15 is 0 Å². The maximum atomic E-state index is 13.0. The Morgan fingerprint density at radius 1 is 1.53 bits per heavy atom. The minimum Gasteiger partial charge on any atom is -0.383 e. The summed E-state index contributed by atoms with van der Waals surface area (Å²) in [6.45, 7) is 10.2. The van der Waals surface area contributed by atoms with Crippen molar-refractivity contribution in [1.29, 1.82) is 0 Å². The molecule has 1 saturated heterocycles. The van der Waals surface area contributed by atoms with Crippen LogP contribution in [-0.2, 0) is 4.74 Å². The fraction of sp³-hybridized carbons (Fsp3) is 0.857. The number of hydrogen-bond donors (Lipinski definition) is 0. The summed E-state index contributed by atoms with van der Waals surface area (Å²) >= 11 is 0. The van der Waals surface area contributed by atoms with Gasteiger partial charge in [0, 0.05) is 32.2 Å². The number of ether oxygens (including phenoxy) is 1. The van der Waals surface area contributed by atoms with Gasteiger partial charge in [-0.1, -0.05) is 20.8 Å². The second kappa shape index (κ2) is 6.50. The minimum absolute atomic E-state index is 0.00505. The smallest absolute Gasteiger partial charge is 0.0865 e. The molecule has 0 bridgehead atoms. The maximum absolute atomic E-state index is 13.0. The van der Waals surface area contributed by atoms with E-state index < -0.39 is 0 Å². The van der Waals surface area contributed by atoms with Crippen molar-refractivity contribution < 1.29 is 9.13 Å². The number of piperidine rings is 1. The second-order valence-electron chi connectivity index (χ2n) is 5.81. The van der Waals surface area contributed by atoms with Crippen LogP contribution in [-0.4, -0.2) is 38.3 Å². The highest BCUT2D eigenvalue weighted by Crippen LogP contribution is 2.40. The Labute approximate surface area is 105 Å². The highest BCUT2D eigenvalue weighted by molar-refractivity contribution is 5.15. The third kappa shape index (κ3) is 4.07. The van der Waals surface area contributed by atoms with Gasteiger partial charge in [0.05, 0.1) is 12.9 Å².